The van der Waals surface area contributed by atoms with E-state index in [1.807, 2.05) is 0 Å². The maximum atomic E-state index is 11.0. The van der Waals surface area contributed by atoms with Crippen LogP contribution < -0.4 is 5.90 Å². The minimum absolute atomic E-state index is 0.108. The van der Waals surface area contributed by atoms with Gasteiger partial charge in [0.05, 0.1) is 4.90 Å². The SMILES string of the molecule is NOS(=O)c1ccc(CN=O)cc1. The second-order valence-electron chi connectivity index (χ2n) is 2.26. The Hall–Kier alpha value is -1.11. The largest absolute Gasteiger partial charge is 0.223 e. The molecule has 0 amide bonds. The summed E-state index contributed by atoms with van der Waals surface area (Å²) >= 11 is -1.63. The molecule has 1 rings (SSSR count). The first-order valence-electron chi connectivity index (χ1n) is 3.45. The van der Waals surface area contributed by atoms with Crippen molar-refractivity contribution in [1.82, 2.24) is 0 Å². The molecule has 0 aromatic heterocycles. The summed E-state index contributed by atoms with van der Waals surface area (Å²) in [4.78, 5) is 10.4. The average Bonchev–Trinajstić information content (AvgIpc) is 2.18. The van der Waals surface area contributed by atoms with E-state index < -0.39 is 11.1 Å². The Balaban J connectivity index is 2.80. The molecular formula is C7H8N2O3S. The molecule has 0 aliphatic heterocycles. The summed E-state index contributed by atoms with van der Waals surface area (Å²) in [5.41, 5.74) is 0.757. The minimum atomic E-state index is -1.63. The predicted molar refractivity (Wildman–Crippen MR) is 47.6 cm³/mol. The molecule has 70 valence electrons. The van der Waals surface area contributed by atoms with Gasteiger partial charge in [0.25, 0.3) is 0 Å². The van der Waals surface area contributed by atoms with Crippen LogP contribution in [-0.2, 0) is 21.9 Å². The Kier molecular flexibility index (Phi) is 3.69. The minimum Gasteiger partial charge on any atom is -0.223 e. The molecule has 13 heavy (non-hydrogen) atoms. The van der Waals surface area contributed by atoms with Crippen molar-refractivity contribution in [3.05, 3.63) is 34.7 Å². The molecule has 0 aliphatic carbocycles. The van der Waals surface area contributed by atoms with Gasteiger partial charge in [-0.1, -0.05) is 17.3 Å². The Bertz CT molecular complexity index is 312. The highest BCUT2D eigenvalue weighted by Crippen LogP contribution is 2.09. The monoisotopic (exact) mass is 200 g/mol. The highest BCUT2D eigenvalue weighted by molar-refractivity contribution is 7.80. The van der Waals surface area contributed by atoms with Gasteiger partial charge in [-0.3, -0.25) is 0 Å². The zero-order valence-electron chi connectivity index (χ0n) is 6.67. The van der Waals surface area contributed by atoms with Gasteiger partial charge in [-0.05, 0) is 17.7 Å². The molecule has 1 unspecified atom stereocenters. The first kappa shape index (κ1) is 9.97. The summed E-state index contributed by atoms with van der Waals surface area (Å²) < 4.78 is 15.1. The summed E-state index contributed by atoms with van der Waals surface area (Å²) in [6.07, 6.45) is 0. The van der Waals surface area contributed by atoms with E-state index in [0.717, 1.165) is 5.56 Å². The highest BCUT2D eigenvalue weighted by atomic mass is 32.2. The van der Waals surface area contributed by atoms with Crippen molar-refractivity contribution < 1.29 is 8.49 Å². The molecule has 6 heteroatoms. The number of nitrogens with zero attached hydrogens (tertiary/aromatic N) is 1. The van der Waals surface area contributed by atoms with Crippen molar-refractivity contribution in [2.75, 3.05) is 0 Å². The zero-order chi connectivity index (χ0) is 9.68. The van der Waals surface area contributed by atoms with Crippen LogP contribution in [0.15, 0.2) is 34.3 Å². The van der Waals surface area contributed by atoms with Gasteiger partial charge in [-0.2, -0.15) is 15.1 Å². The van der Waals surface area contributed by atoms with Gasteiger partial charge < -0.3 is 0 Å². The van der Waals surface area contributed by atoms with Crippen LogP contribution >= 0.6 is 0 Å². The van der Waals surface area contributed by atoms with Crippen molar-refractivity contribution in [1.29, 1.82) is 0 Å². The summed E-state index contributed by atoms with van der Waals surface area (Å²) in [5.74, 6) is 4.73. The molecule has 1 aromatic carbocycles. The molecule has 0 fully saturated rings. The van der Waals surface area contributed by atoms with Crippen LogP contribution in [-0.4, -0.2) is 4.21 Å². The first-order chi connectivity index (χ1) is 6.27. The van der Waals surface area contributed by atoms with Crippen molar-refractivity contribution in [3.8, 4) is 0 Å². The topological polar surface area (TPSA) is 81.8 Å². The molecule has 0 spiro atoms. The van der Waals surface area contributed by atoms with E-state index in [1.54, 1.807) is 24.3 Å². The summed E-state index contributed by atoms with van der Waals surface area (Å²) in [7, 11) is 0. The van der Waals surface area contributed by atoms with E-state index in [2.05, 4.69) is 9.46 Å². The fourth-order valence-corrected chi connectivity index (χ4v) is 1.31. The number of nitroso groups, excluding NO2 is 1. The second-order valence-corrected chi connectivity index (χ2v) is 3.40. The van der Waals surface area contributed by atoms with Crippen molar-refractivity contribution in [2.45, 2.75) is 11.4 Å². The second kappa shape index (κ2) is 4.80. The third kappa shape index (κ3) is 2.69. The Morgan fingerprint density at radius 3 is 2.46 bits per heavy atom. The van der Waals surface area contributed by atoms with E-state index in [4.69, 9.17) is 5.90 Å². The molecule has 5 nitrogen and oxygen atoms in total. The van der Waals surface area contributed by atoms with Crippen LogP contribution in [0.3, 0.4) is 0 Å². The summed E-state index contributed by atoms with van der Waals surface area (Å²) in [6.45, 7) is 0.108. The summed E-state index contributed by atoms with van der Waals surface area (Å²) in [6, 6.07) is 6.44. The highest BCUT2D eigenvalue weighted by Gasteiger charge is 2.02. The van der Waals surface area contributed by atoms with Gasteiger partial charge in [-0.15, -0.1) is 0 Å². The Labute approximate surface area is 77.5 Å². The molecule has 0 saturated carbocycles. The smallest absolute Gasteiger partial charge is 0.206 e. The van der Waals surface area contributed by atoms with Crippen LogP contribution in [0.25, 0.3) is 0 Å². The molecule has 0 heterocycles. The molecule has 0 radical (unpaired) electrons. The lowest BCUT2D eigenvalue weighted by atomic mass is 10.2. The van der Waals surface area contributed by atoms with Gasteiger partial charge in [0, 0.05) is 0 Å². The van der Waals surface area contributed by atoms with Gasteiger partial charge >= 0.3 is 0 Å². The number of hydrogen-bond donors (Lipinski definition) is 1. The lowest BCUT2D eigenvalue weighted by molar-refractivity contribution is 0.367. The molecule has 0 saturated heterocycles. The third-order valence-electron chi connectivity index (χ3n) is 1.45. The predicted octanol–water partition coefficient (Wildman–Crippen LogP) is 0.866. The maximum Gasteiger partial charge on any atom is 0.206 e. The average molecular weight is 200 g/mol. The van der Waals surface area contributed by atoms with E-state index in [-0.39, 0.29) is 6.54 Å². The quantitative estimate of drug-likeness (QED) is 0.577. The van der Waals surface area contributed by atoms with Gasteiger partial charge in [0.15, 0.2) is 0 Å². The number of rotatable bonds is 4. The van der Waals surface area contributed by atoms with Gasteiger partial charge in [0.1, 0.15) is 6.54 Å². The van der Waals surface area contributed by atoms with E-state index in [9.17, 15) is 9.12 Å². The van der Waals surface area contributed by atoms with Gasteiger partial charge in [-0.25, -0.2) is 4.21 Å². The van der Waals surface area contributed by atoms with Crippen LogP contribution in [0, 0.1) is 4.91 Å². The Morgan fingerprint density at radius 1 is 1.38 bits per heavy atom. The maximum absolute atomic E-state index is 11.0. The van der Waals surface area contributed by atoms with E-state index in [0.29, 0.717) is 4.90 Å². The van der Waals surface area contributed by atoms with E-state index in [1.165, 1.54) is 0 Å². The van der Waals surface area contributed by atoms with Crippen LogP contribution in [0.1, 0.15) is 5.56 Å². The Morgan fingerprint density at radius 2 is 2.00 bits per heavy atom. The molecular weight excluding hydrogens is 192 g/mol. The van der Waals surface area contributed by atoms with Gasteiger partial charge in [0.2, 0.25) is 11.1 Å². The summed E-state index contributed by atoms with van der Waals surface area (Å²) in [5, 5.41) is 2.72. The standard InChI is InChI=1S/C7H8N2O3S/c8-12-13(11)7-3-1-6(2-4-7)5-9-10/h1-4H,5,8H2. The van der Waals surface area contributed by atoms with Crippen molar-refractivity contribution in [2.24, 2.45) is 11.1 Å². The molecule has 1 atom stereocenters. The lowest BCUT2D eigenvalue weighted by Gasteiger charge is -1.98. The normalized spacial score (nSPS) is 12.4. The van der Waals surface area contributed by atoms with Crippen molar-refractivity contribution >= 4 is 11.1 Å². The van der Waals surface area contributed by atoms with Crippen molar-refractivity contribution in [3.63, 3.8) is 0 Å². The zero-order valence-corrected chi connectivity index (χ0v) is 7.49. The van der Waals surface area contributed by atoms with Crippen LogP contribution in [0.5, 0.6) is 0 Å². The fraction of sp³-hybridized carbons (Fsp3) is 0.143. The molecule has 0 aliphatic rings. The lowest BCUT2D eigenvalue weighted by Crippen LogP contribution is -2.03. The van der Waals surface area contributed by atoms with E-state index >= 15 is 0 Å². The van der Waals surface area contributed by atoms with Crippen LogP contribution in [0.4, 0.5) is 0 Å². The number of hydrogen-bond acceptors (Lipinski definition) is 5. The van der Waals surface area contributed by atoms with Crippen LogP contribution in [0.2, 0.25) is 0 Å². The molecule has 1 aromatic rings. The third-order valence-corrected chi connectivity index (χ3v) is 2.28. The fourth-order valence-electron chi connectivity index (χ4n) is 0.836. The molecule has 2 N–H and O–H groups in total. The number of nitrogens with two attached hydrogens (primary N) is 1. The molecule has 0 bridgehead atoms. The number of benzene rings is 1. The first-order valence-corrected chi connectivity index (χ1v) is 4.52.